The molecular weight excluding hydrogens is 306 g/mol. The Labute approximate surface area is 129 Å². The molecular formula is C12H11N7O2S. The van der Waals surface area contributed by atoms with Crippen molar-refractivity contribution in [2.24, 2.45) is 7.05 Å². The van der Waals surface area contributed by atoms with Crippen molar-refractivity contribution in [2.45, 2.75) is 17.1 Å². The van der Waals surface area contributed by atoms with E-state index in [1.54, 1.807) is 16.3 Å². The number of hydrogen-bond acceptors (Lipinski definition) is 7. The lowest BCUT2D eigenvalue weighted by molar-refractivity contribution is -0.392. The first kappa shape index (κ1) is 14.2. The first-order chi connectivity index (χ1) is 10.6. The Morgan fingerprint density at radius 2 is 2.09 bits per heavy atom. The molecule has 0 radical (unpaired) electrons. The molecule has 0 saturated heterocycles. The molecule has 0 saturated carbocycles. The van der Waals surface area contributed by atoms with Gasteiger partial charge in [-0.05, 0) is 50.6 Å². The largest absolute Gasteiger partial charge is 0.396 e. The third-order valence-corrected chi connectivity index (χ3v) is 4.11. The van der Waals surface area contributed by atoms with Crippen molar-refractivity contribution < 1.29 is 4.92 Å². The van der Waals surface area contributed by atoms with Crippen LogP contribution in [0.25, 0.3) is 5.69 Å². The van der Waals surface area contributed by atoms with Gasteiger partial charge in [0.25, 0.3) is 0 Å². The molecule has 0 atom stereocenters. The summed E-state index contributed by atoms with van der Waals surface area (Å²) in [4.78, 5) is 14.3. The summed E-state index contributed by atoms with van der Waals surface area (Å²) in [5, 5.41) is 23.4. The number of nitro groups is 1. The number of imidazole rings is 1. The van der Waals surface area contributed by atoms with Crippen molar-refractivity contribution in [2.75, 3.05) is 0 Å². The summed E-state index contributed by atoms with van der Waals surface area (Å²) >= 11 is 1.10. The van der Waals surface area contributed by atoms with E-state index in [4.69, 9.17) is 0 Å². The third kappa shape index (κ3) is 2.44. The normalized spacial score (nSPS) is 10.8. The van der Waals surface area contributed by atoms with Crippen molar-refractivity contribution in [3.05, 3.63) is 46.3 Å². The molecule has 3 aromatic rings. The lowest BCUT2D eigenvalue weighted by Gasteiger charge is -2.06. The Hall–Kier alpha value is -2.75. The number of nitrogens with zero attached hydrogens (tertiary/aromatic N) is 7. The van der Waals surface area contributed by atoms with Gasteiger partial charge in [0.1, 0.15) is 0 Å². The zero-order chi connectivity index (χ0) is 15.7. The fourth-order valence-electron chi connectivity index (χ4n) is 1.93. The average molecular weight is 317 g/mol. The standard InChI is InChI=1S/C12H11N7O2S/c1-8-5-3-4-6-9(8)18-12(14-15-16-18)22-11-10(19(20)21)13-7-17(11)2/h3-7H,1-2H3. The number of aromatic nitrogens is 6. The molecule has 0 fully saturated rings. The molecule has 2 aromatic heterocycles. The van der Waals surface area contributed by atoms with Crippen LogP contribution in [-0.2, 0) is 7.05 Å². The number of hydrogen-bond donors (Lipinski definition) is 0. The van der Waals surface area contributed by atoms with E-state index in [-0.39, 0.29) is 5.82 Å². The number of benzene rings is 1. The molecule has 0 spiro atoms. The fourth-order valence-corrected chi connectivity index (χ4v) is 2.81. The molecule has 0 bridgehead atoms. The number of aryl methyl sites for hydroxylation is 2. The van der Waals surface area contributed by atoms with Gasteiger partial charge in [-0.1, -0.05) is 18.2 Å². The summed E-state index contributed by atoms with van der Waals surface area (Å²) in [5.74, 6) is -0.216. The predicted molar refractivity (Wildman–Crippen MR) is 77.9 cm³/mol. The summed E-state index contributed by atoms with van der Waals surface area (Å²) < 4.78 is 3.12. The molecule has 0 unspecified atom stereocenters. The molecule has 0 aliphatic rings. The Bertz CT molecular complexity index is 842. The highest BCUT2D eigenvalue weighted by Gasteiger charge is 2.24. The van der Waals surface area contributed by atoms with E-state index in [0.717, 1.165) is 23.0 Å². The van der Waals surface area contributed by atoms with Gasteiger partial charge in [-0.2, -0.15) is 4.68 Å². The second kappa shape index (κ2) is 5.56. The maximum atomic E-state index is 11.0. The molecule has 0 N–H and O–H groups in total. The maximum absolute atomic E-state index is 11.0. The van der Waals surface area contributed by atoms with E-state index >= 15 is 0 Å². The van der Waals surface area contributed by atoms with Crippen LogP contribution in [0.2, 0.25) is 0 Å². The summed E-state index contributed by atoms with van der Waals surface area (Å²) in [7, 11) is 1.68. The van der Waals surface area contributed by atoms with E-state index in [0.29, 0.717) is 10.2 Å². The Kier molecular flexibility index (Phi) is 3.59. The highest BCUT2D eigenvalue weighted by molar-refractivity contribution is 7.99. The highest BCUT2D eigenvalue weighted by Crippen LogP contribution is 2.33. The minimum atomic E-state index is -0.524. The molecule has 22 heavy (non-hydrogen) atoms. The Morgan fingerprint density at radius 1 is 1.32 bits per heavy atom. The van der Waals surface area contributed by atoms with Gasteiger partial charge in [0, 0.05) is 7.05 Å². The first-order valence-corrected chi connectivity index (χ1v) is 7.07. The second-order valence-corrected chi connectivity index (χ2v) is 5.46. The van der Waals surface area contributed by atoms with Crippen molar-refractivity contribution in [3.63, 3.8) is 0 Å². The zero-order valence-corrected chi connectivity index (χ0v) is 12.6. The molecule has 0 aliphatic carbocycles. The van der Waals surface area contributed by atoms with Crippen LogP contribution in [0.4, 0.5) is 5.82 Å². The topological polar surface area (TPSA) is 105 Å². The van der Waals surface area contributed by atoms with E-state index < -0.39 is 4.92 Å². The van der Waals surface area contributed by atoms with Crippen LogP contribution in [0, 0.1) is 17.0 Å². The molecule has 9 nitrogen and oxygen atoms in total. The van der Waals surface area contributed by atoms with Gasteiger partial charge in [-0.15, -0.1) is 5.10 Å². The SMILES string of the molecule is Cc1ccccc1-n1nnnc1Sc1c([N+](=O)[O-])ncn1C. The van der Waals surface area contributed by atoms with Crippen molar-refractivity contribution in [1.82, 2.24) is 29.8 Å². The van der Waals surface area contributed by atoms with Crippen molar-refractivity contribution in [3.8, 4) is 5.69 Å². The van der Waals surface area contributed by atoms with Crippen LogP contribution < -0.4 is 0 Å². The van der Waals surface area contributed by atoms with Crippen LogP contribution in [0.3, 0.4) is 0 Å². The number of para-hydroxylation sites is 1. The third-order valence-electron chi connectivity index (χ3n) is 3.01. The van der Waals surface area contributed by atoms with Gasteiger partial charge in [0.05, 0.1) is 5.69 Å². The van der Waals surface area contributed by atoms with E-state index in [2.05, 4.69) is 20.5 Å². The van der Waals surface area contributed by atoms with Crippen LogP contribution in [0.15, 0.2) is 40.8 Å². The zero-order valence-electron chi connectivity index (χ0n) is 11.7. The quantitative estimate of drug-likeness (QED) is 0.533. The van der Waals surface area contributed by atoms with E-state index in [9.17, 15) is 10.1 Å². The van der Waals surface area contributed by atoms with Crippen LogP contribution in [0.5, 0.6) is 0 Å². The van der Waals surface area contributed by atoms with Crippen molar-refractivity contribution in [1.29, 1.82) is 0 Å². The van der Waals surface area contributed by atoms with Gasteiger partial charge in [0.15, 0.2) is 5.03 Å². The maximum Gasteiger partial charge on any atom is 0.396 e. The van der Waals surface area contributed by atoms with Crippen LogP contribution in [0.1, 0.15) is 5.56 Å². The minimum Gasteiger partial charge on any atom is -0.358 e. The molecule has 10 heteroatoms. The number of tetrazole rings is 1. The van der Waals surface area contributed by atoms with E-state index in [1.807, 2.05) is 31.2 Å². The Balaban J connectivity index is 2.03. The van der Waals surface area contributed by atoms with Gasteiger partial charge in [-0.3, -0.25) is 0 Å². The monoisotopic (exact) mass is 317 g/mol. The van der Waals surface area contributed by atoms with Crippen molar-refractivity contribution >= 4 is 17.6 Å². The van der Waals surface area contributed by atoms with Gasteiger partial charge in [0.2, 0.25) is 11.5 Å². The summed E-state index contributed by atoms with van der Waals surface area (Å²) in [6, 6.07) is 7.62. The fraction of sp³-hybridized carbons (Fsp3) is 0.167. The lowest BCUT2D eigenvalue weighted by atomic mass is 10.2. The summed E-state index contributed by atoms with van der Waals surface area (Å²) in [6.07, 6.45) is 1.39. The van der Waals surface area contributed by atoms with Crippen LogP contribution >= 0.6 is 11.8 Å². The molecule has 2 heterocycles. The summed E-state index contributed by atoms with van der Waals surface area (Å²) in [5.41, 5.74) is 1.82. The molecule has 3 rings (SSSR count). The van der Waals surface area contributed by atoms with Crippen LogP contribution in [-0.4, -0.2) is 34.7 Å². The lowest BCUT2D eigenvalue weighted by Crippen LogP contribution is -2.02. The Morgan fingerprint density at radius 3 is 2.82 bits per heavy atom. The first-order valence-electron chi connectivity index (χ1n) is 6.26. The molecule has 0 aliphatic heterocycles. The minimum absolute atomic E-state index is 0.216. The van der Waals surface area contributed by atoms with Gasteiger partial charge < -0.3 is 14.7 Å². The average Bonchev–Trinajstić information content (AvgIpc) is 3.08. The number of rotatable bonds is 4. The second-order valence-electron chi connectivity index (χ2n) is 4.50. The summed E-state index contributed by atoms with van der Waals surface area (Å²) in [6.45, 7) is 1.94. The van der Waals surface area contributed by atoms with Gasteiger partial charge >= 0.3 is 5.82 Å². The van der Waals surface area contributed by atoms with Gasteiger partial charge in [-0.25, -0.2) is 0 Å². The molecule has 1 aromatic carbocycles. The molecule has 112 valence electrons. The molecule has 0 amide bonds. The smallest absolute Gasteiger partial charge is 0.358 e. The predicted octanol–water partition coefficient (Wildman–Crippen LogP) is 1.76. The highest BCUT2D eigenvalue weighted by atomic mass is 32.2. The van der Waals surface area contributed by atoms with E-state index in [1.165, 1.54) is 6.33 Å².